The molecule has 4 aliphatic heterocycles. The number of nitrogens with zero attached hydrogens (tertiary/aromatic N) is 12. The Bertz CT molecular complexity index is 6460. The Kier molecular flexibility index (Phi) is 33.6. The van der Waals surface area contributed by atoms with Crippen LogP contribution in [-0.4, -0.2) is 196 Å². The SMILES string of the molecule is C=CC(=O)Cc1cc2c(Nc3cccc(Cl)c3F)ncnc2cc1C#C[C@@]1(F)CCN(C)C1.C=CC(=O)Cc1cc2c(Nc3cccc(Cl)c3F)ncnc2cc1C#C[C@]1(F)CCN(C)C1.C=CC(=O)O.C=CC(=O)O.CN1CC[C@@](F)(C#Cc2cc3ncnc(Nc4cccc(Cl)c4F)c3cc2N)C1.CN1CC[C@](F)(C#Cc2cc3ncnc(Nc4cccc(Cl)c4F)c3cc2N)C1. The summed E-state index contributed by atoms with van der Waals surface area (Å²) in [5.74, 6) is 19.2. The van der Waals surface area contributed by atoms with Gasteiger partial charge in [0.25, 0.3) is 0 Å². The lowest BCUT2D eigenvalue weighted by Crippen LogP contribution is -2.25. The molecule has 0 radical (unpaired) electrons. The van der Waals surface area contributed by atoms with Crippen molar-refractivity contribution in [3.05, 3.63) is 274 Å². The molecule has 16 rings (SSSR count). The summed E-state index contributed by atoms with van der Waals surface area (Å²) in [6.45, 7) is 16.6. The third-order valence-electron chi connectivity index (χ3n) is 21.0. The zero-order chi connectivity index (χ0) is 96.9. The van der Waals surface area contributed by atoms with E-state index in [-0.39, 0.29) is 93.4 Å². The van der Waals surface area contributed by atoms with Gasteiger partial charge in [-0.2, -0.15) is 0 Å². The smallest absolute Gasteiger partial charge is 0.327 e. The number of aliphatic carboxylic acids is 2. The fraction of sp³-hybridized carbons (Fsp3) is 0.224. The molecule has 10 N–H and O–H groups in total. The Labute approximate surface area is 786 Å². The molecule has 0 saturated carbocycles. The maximum absolute atomic E-state index is 15.0. The van der Waals surface area contributed by atoms with Crippen LogP contribution in [0.1, 0.15) is 59.1 Å². The average Bonchev–Trinajstić information content (AvgIpc) is 1.20. The van der Waals surface area contributed by atoms with E-state index in [0.29, 0.717) is 164 Å². The largest absolute Gasteiger partial charge is 0.478 e. The number of carbonyl (C=O) groups excluding carboxylic acids is 2. The van der Waals surface area contributed by atoms with E-state index in [1.54, 1.807) is 84.9 Å². The van der Waals surface area contributed by atoms with Crippen LogP contribution in [0.4, 0.5) is 92.5 Å². The molecule has 4 fully saturated rings. The summed E-state index contributed by atoms with van der Waals surface area (Å²) in [4.78, 5) is 84.2. The maximum Gasteiger partial charge on any atom is 0.327 e. The van der Waals surface area contributed by atoms with E-state index in [1.165, 1.54) is 73.9 Å². The van der Waals surface area contributed by atoms with Gasteiger partial charge in [0.05, 0.1) is 64.9 Å². The van der Waals surface area contributed by atoms with Gasteiger partial charge in [-0.25, -0.2) is 84.6 Å². The van der Waals surface area contributed by atoms with Gasteiger partial charge < -0.3 is 62.5 Å². The molecule has 134 heavy (non-hydrogen) atoms. The first kappa shape index (κ1) is 100. The van der Waals surface area contributed by atoms with Crippen LogP contribution in [0.2, 0.25) is 20.1 Å². The van der Waals surface area contributed by atoms with Gasteiger partial charge in [0.1, 0.15) is 48.6 Å². The monoisotopic (exact) mass is 1900 g/mol. The Morgan fingerprint density at radius 2 is 0.619 bits per heavy atom. The topological polar surface area (TPSA) is 325 Å². The molecule has 8 heterocycles. The van der Waals surface area contributed by atoms with E-state index in [1.807, 2.05) is 47.8 Å². The fourth-order valence-electron chi connectivity index (χ4n) is 14.0. The van der Waals surface area contributed by atoms with Crippen LogP contribution in [-0.2, 0) is 32.0 Å². The van der Waals surface area contributed by atoms with Crippen LogP contribution in [0, 0.1) is 70.6 Å². The highest BCUT2D eigenvalue weighted by Crippen LogP contribution is 2.38. The van der Waals surface area contributed by atoms with E-state index in [2.05, 4.69) is 135 Å². The Morgan fingerprint density at radius 1 is 0.388 bits per heavy atom. The number of nitrogens with one attached hydrogen (secondary N) is 4. The molecule has 0 unspecified atom stereocenters. The zero-order valence-electron chi connectivity index (χ0n) is 72.5. The Hall–Kier alpha value is -14.2. The van der Waals surface area contributed by atoms with Crippen molar-refractivity contribution in [2.24, 2.45) is 0 Å². The minimum atomic E-state index is -1.61. The molecular weight excluding hydrogens is 1820 g/mol. The van der Waals surface area contributed by atoms with E-state index < -0.39 is 57.9 Å². The Morgan fingerprint density at radius 3 is 0.843 bits per heavy atom. The van der Waals surface area contributed by atoms with E-state index in [9.17, 15) is 45.5 Å². The van der Waals surface area contributed by atoms with Crippen molar-refractivity contribution in [2.75, 3.05) is 113 Å². The van der Waals surface area contributed by atoms with E-state index in [4.69, 9.17) is 68.1 Å². The van der Waals surface area contributed by atoms with Crippen molar-refractivity contribution in [1.29, 1.82) is 0 Å². The normalized spacial score (nSPS) is 17.7. The predicted octanol–water partition coefficient (Wildman–Crippen LogP) is 18.5. The first-order valence-corrected chi connectivity index (χ1v) is 42.4. The van der Waals surface area contributed by atoms with Crippen LogP contribution in [0.5, 0.6) is 0 Å². The number of benzene rings is 8. The highest BCUT2D eigenvalue weighted by Gasteiger charge is 2.38. The number of carboxylic acids is 2. The number of nitrogens with two attached hydrogens (primary N) is 2. The van der Waals surface area contributed by atoms with Crippen LogP contribution in [0.15, 0.2) is 197 Å². The third kappa shape index (κ3) is 26.6. The number of hydrogen-bond donors (Lipinski definition) is 8. The Balaban J connectivity index is 0.000000166. The van der Waals surface area contributed by atoms with Gasteiger partial charge in [0.2, 0.25) is 0 Å². The third-order valence-corrected chi connectivity index (χ3v) is 22.2. The number of fused-ring (bicyclic) bond motifs is 4. The van der Waals surface area contributed by atoms with Gasteiger partial charge in [-0.15, -0.1) is 0 Å². The molecule has 0 amide bonds. The van der Waals surface area contributed by atoms with E-state index >= 15 is 8.78 Å². The maximum atomic E-state index is 15.0. The van der Waals surface area contributed by atoms with Gasteiger partial charge in [-0.3, -0.25) is 9.59 Å². The van der Waals surface area contributed by atoms with Gasteiger partial charge in [0, 0.05) is 158 Å². The molecule has 4 saturated heterocycles. The second-order valence-electron chi connectivity index (χ2n) is 31.4. The first-order valence-electron chi connectivity index (χ1n) is 40.9. The summed E-state index contributed by atoms with van der Waals surface area (Å²) in [6.07, 6.45) is 10.9. The molecular formula is C98H86Cl4F8N18O6. The van der Waals surface area contributed by atoms with Gasteiger partial charge in [-0.1, -0.05) is 144 Å². The van der Waals surface area contributed by atoms with E-state index in [0.717, 1.165) is 12.2 Å². The predicted molar refractivity (Wildman–Crippen MR) is 511 cm³/mol. The van der Waals surface area contributed by atoms with Crippen LogP contribution >= 0.6 is 46.4 Å². The minimum absolute atomic E-state index is 0.00291. The number of carbonyl (C=O) groups is 4. The van der Waals surface area contributed by atoms with Crippen molar-refractivity contribution in [3.8, 4) is 47.4 Å². The second-order valence-corrected chi connectivity index (χ2v) is 33.0. The van der Waals surface area contributed by atoms with Crippen molar-refractivity contribution in [1.82, 2.24) is 59.5 Å². The number of ketones is 2. The van der Waals surface area contributed by atoms with Gasteiger partial charge in [0.15, 0.2) is 57.5 Å². The van der Waals surface area contributed by atoms with Crippen LogP contribution in [0.25, 0.3) is 43.6 Å². The number of halogens is 12. The minimum Gasteiger partial charge on any atom is -0.478 e. The summed E-state index contributed by atoms with van der Waals surface area (Å²) < 4.78 is 117. The van der Waals surface area contributed by atoms with Gasteiger partial charge >= 0.3 is 11.9 Å². The standard InChI is InChI=1S/2C25H21ClF2N4O.2C21H18ClF2N5.2C3H4O2/c2*1-3-18(33)11-17-12-19-22(13-16(17)7-8-25(28)9-10-32(2)14-25)29-15-30-24(19)31-21-6-4-5-20(26)23(21)27;2*1-29-8-7-21(24,11-29)6-5-13-9-18-14(10-16(13)25)20(27-12-26-18)28-17-4-2-3-15(22)19(17)23;2*1-2-3(4)5/h2*3-6,12-13,15H,1,9-11,14H2,2H3,(H,29,30,31);2*2-4,9-10,12H,7-8,11,25H2,1H3,(H,26,27,28);2*2H,1H2,(H,4,5)/t2*25-;2*21-;;/m1010../s1. The summed E-state index contributed by atoms with van der Waals surface area (Å²) in [7, 11) is 7.42. The quantitative estimate of drug-likeness (QED) is 0.0193. The average molecular weight is 1910 g/mol. The molecule has 12 aromatic rings. The summed E-state index contributed by atoms with van der Waals surface area (Å²) in [6, 6.07) is 32.0. The lowest BCUT2D eigenvalue weighted by atomic mass is 9.98. The molecule has 4 atom stereocenters. The highest BCUT2D eigenvalue weighted by molar-refractivity contribution is 6.32. The lowest BCUT2D eigenvalue weighted by molar-refractivity contribution is -0.132. The second kappa shape index (κ2) is 44.8. The number of anilines is 10. The van der Waals surface area contributed by atoms with Crippen LogP contribution < -0.4 is 32.7 Å². The first-order chi connectivity index (χ1) is 63.8. The molecule has 36 heteroatoms. The number of likely N-dealkylation sites (tertiary alicyclic amines) is 4. The highest BCUT2D eigenvalue weighted by atomic mass is 35.5. The van der Waals surface area contributed by atoms with Crippen molar-refractivity contribution >= 4 is 171 Å². The molecule has 24 nitrogen and oxygen atoms in total. The summed E-state index contributed by atoms with van der Waals surface area (Å²) in [5.41, 5.74) is 12.7. The number of aromatic nitrogens is 8. The number of carboxylic acid groups (broad SMARTS) is 2. The fourth-order valence-corrected chi connectivity index (χ4v) is 14.7. The van der Waals surface area contributed by atoms with Crippen LogP contribution in [0.3, 0.4) is 0 Å². The molecule has 0 spiro atoms. The number of nitrogen functional groups attached to an aromatic ring is 2. The molecule has 4 aliphatic rings. The lowest BCUT2D eigenvalue weighted by Gasteiger charge is -2.13. The molecule has 0 bridgehead atoms. The molecule has 4 aromatic heterocycles. The number of alkyl halides is 4. The van der Waals surface area contributed by atoms with Crippen molar-refractivity contribution in [3.63, 3.8) is 0 Å². The molecule has 688 valence electrons. The van der Waals surface area contributed by atoms with Gasteiger partial charge in [-0.05, 0) is 149 Å². The molecule has 8 aromatic carbocycles. The number of rotatable bonds is 16. The van der Waals surface area contributed by atoms with Crippen molar-refractivity contribution in [2.45, 2.75) is 61.2 Å². The summed E-state index contributed by atoms with van der Waals surface area (Å²) in [5, 5.41) is 29.2. The zero-order valence-corrected chi connectivity index (χ0v) is 75.5. The summed E-state index contributed by atoms with van der Waals surface area (Å²) >= 11 is 23.4. The number of allylic oxidation sites excluding steroid dienone is 2. The molecule has 0 aliphatic carbocycles. The number of hydrogen-bond acceptors (Lipinski definition) is 22. The van der Waals surface area contributed by atoms with Crippen molar-refractivity contribution < 1.29 is 64.5 Å².